The van der Waals surface area contributed by atoms with Crippen LogP contribution in [0, 0.1) is 5.82 Å². The predicted molar refractivity (Wildman–Crippen MR) is 92.2 cm³/mol. The fraction of sp³-hybridized carbons (Fsp3) is 0.188. The van der Waals surface area contributed by atoms with Crippen molar-refractivity contribution in [3.63, 3.8) is 0 Å². The van der Waals surface area contributed by atoms with E-state index in [0.717, 1.165) is 12.3 Å². The van der Waals surface area contributed by atoms with Gasteiger partial charge in [-0.05, 0) is 36.8 Å². The van der Waals surface area contributed by atoms with Crippen LogP contribution in [0.2, 0.25) is 5.02 Å². The number of carbonyl (C=O) groups is 1. The topological polar surface area (TPSA) is 75.3 Å². The van der Waals surface area contributed by atoms with Gasteiger partial charge in [0.05, 0.1) is 22.9 Å². The summed E-state index contributed by atoms with van der Waals surface area (Å²) in [5.74, 6) is -1.35. The van der Waals surface area contributed by atoms with Gasteiger partial charge in [-0.3, -0.25) is 9.52 Å². The Balaban J connectivity index is 2.19. The summed E-state index contributed by atoms with van der Waals surface area (Å²) in [6.07, 6.45) is 1.05. The molecule has 0 fully saturated rings. The van der Waals surface area contributed by atoms with Crippen LogP contribution >= 0.6 is 11.6 Å². The normalized spacial score (nSPS) is 12.5. The van der Waals surface area contributed by atoms with E-state index in [1.807, 2.05) is 0 Å². The molecule has 8 heteroatoms. The SMILES string of the molecule is CC(NC(=O)c1c(F)cccc1Cl)c1cccc(NS(C)(=O)=O)c1. The molecule has 0 bridgehead atoms. The summed E-state index contributed by atoms with van der Waals surface area (Å²) < 4.78 is 38.7. The highest BCUT2D eigenvalue weighted by Crippen LogP contribution is 2.22. The van der Waals surface area contributed by atoms with Crippen LogP contribution in [0.4, 0.5) is 10.1 Å². The molecule has 0 aliphatic heterocycles. The van der Waals surface area contributed by atoms with Crippen molar-refractivity contribution in [2.24, 2.45) is 0 Å². The molecule has 0 heterocycles. The van der Waals surface area contributed by atoms with Crippen molar-refractivity contribution >= 4 is 33.2 Å². The second-order valence-corrected chi connectivity index (χ2v) is 7.45. The van der Waals surface area contributed by atoms with Gasteiger partial charge in [0.2, 0.25) is 10.0 Å². The zero-order valence-electron chi connectivity index (χ0n) is 13.0. The van der Waals surface area contributed by atoms with Crippen molar-refractivity contribution in [2.75, 3.05) is 11.0 Å². The molecule has 0 radical (unpaired) electrons. The Morgan fingerprint density at radius 1 is 1.21 bits per heavy atom. The molecule has 0 aliphatic rings. The van der Waals surface area contributed by atoms with Crippen molar-refractivity contribution in [3.05, 3.63) is 64.4 Å². The van der Waals surface area contributed by atoms with Gasteiger partial charge >= 0.3 is 0 Å². The van der Waals surface area contributed by atoms with Gasteiger partial charge in [-0.1, -0.05) is 29.8 Å². The molecule has 0 aliphatic carbocycles. The van der Waals surface area contributed by atoms with E-state index in [-0.39, 0.29) is 10.6 Å². The highest BCUT2D eigenvalue weighted by atomic mass is 35.5. The Morgan fingerprint density at radius 2 is 1.88 bits per heavy atom. The fourth-order valence-electron chi connectivity index (χ4n) is 2.15. The second-order valence-electron chi connectivity index (χ2n) is 5.29. The van der Waals surface area contributed by atoms with Crippen LogP contribution < -0.4 is 10.0 Å². The van der Waals surface area contributed by atoms with Gasteiger partial charge in [-0.2, -0.15) is 0 Å². The summed E-state index contributed by atoms with van der Waals surface area (Å²) in [7, 11) is -3.40. The van der Waals surface area contributed by atoms with Crippen LogP contribution in [0.5, 0.6) is 0 Å². The molecule has 2 aromatic carbocycles. The Hall–Kier alpha value is -2.12. The number of halogens is 2. The lowest BCUT2D eigenvalue weighted by Crippen LogP contribution is -2.27. The molecule has 2 N–H and O–H groups in total. The van der Waals surface area contributed by atoms with Crippen LogP contribution in [0.25, 0.3) is 0 Å². The first-order chi connectivity index (χ1) is 11.2. The lowest BCUT2D eigenvalue weighted by molar-refractivity contribution is 0.0936. The molecule has 2 aromatic rings. The number of rotatable bonds is 5. The number of carbonyl (C=O) groups excluding carboxylic acids is 1. The van der Waals surface area contributed by atoms with Gasteiger partial charge in [0.15, 0.2) is 0 Å². The smallest absolute Gasteiger partial charge is 0.256 e. The standard InChI is InChI=1S/C16H16ClFN2O3S/c1-10(11-5-3-6-12(9-11)20-24(2,22)23)19-16(21)15-13(17)7-4-8-14(15)18/h3-10,20H,1-2H3,(H,19,21). The minimum absolute atomic E-state index is 0.0205. The first-order valence-corrected chi connectivity index (χ1v) is 9.27. The maximum atomic E-state index is 13.8. The van der Waals surface area contributed by atoms with Gasteiger partial charge in [-0.15, -0.1) is 0 Å². The number of anilines is 1. The van der Waals surface area contributed by atoms with Crippen molar-refractivity contribution in [2.45, 2.75) is 13.0 Å². The van der Waals surface area contributed by atoms with Crippen LogP contribution in [-0.4, -0.2) is 20.6 Å². The van der Waals surface area contributed by atoms with E-state index >= 15 is 0 Å². The Kier molecular flexibility index (Phi) is 5.46. The van der Waals surface area contributed by atoms with E-state index < -0.39 is 27.8 Å². The summed E-state index contributed by atoms with van der Waals surface area (Å²) in [6, 6.07) is 10.1. The van der Waals surface area contributed by atoms with E-state index in [2.05, 4.69) is 10.0 Å². The Labute approximate surface area is 144 Å². The average Bonchev–Trinajstić information content (AvgIpc) is 2.45. The lowest BCUT2D eigenvalue weighted by atomic mass is 10.1. The van der Waals surface area contributed by atoms with Gasteiger partial charge in [0.1, 0.15) is 5.82 Å². The van der Waals surface area contributed by atoms with E-state index in [0.29, 0.717) is 11.3 Å². The van der Waals surface area contributed by atoms with Gasteiger partial charge in [-0.25, -0.2) is 12.8 Å². The number of hydrogen-bond donors (Lipinski definition) is 2. The number of hydrogen-bond acceptors (Lipinski definition) is 3. The molecule has 2 rings (SSSR count). The number of benzene rings is 2. The second kappa shape index (κ2) is 7.19. The summed E-state index contributed by atoms with van der Waals surface area (Å²) in [6.45, 7) is 1.70. The number of nitrogens with one attached hydrogen (secondary N) is 2. The molecular weight excluding hydrogens is 355 g/mol. The van der Waals surface area contributed by atoms with Gasteiger partial charge in [0.25, 0.3) is 5.91 Å². The first-order valence-electron chi connectivity index (χ1n) is 7.00. The Bertz CT molecular complexity index is 851. The van der Waals surface area contributed by atoms with Crippen molar-refractivity contribution in [1.82, 2.24) is 5.32 Å². The van der Waals surface area contributed by atoms with E-state index in [4.69, 9.17) is 11.6 Å². The summed E-state index contributed by atoms with van der Waals surface area (Å²) >= 11 is 5.87. The third kappa shape index (κ3) is 4.69. The van der Waals surface area contributed by atoms with Crippen molar-refractivity contribution < 1.29 is 17.6 Å². The lowest BCUT2D eigenvalue weighted by Gasteiger charge is -2.16. The third-order valence-electron chi connectivity index (χ3n) is 3.23. The van der Waals surface area contributed by atoms with Crippen molar-refractivity contribution in [1.29, 1.82) is 0 Å². The molecule has 0 saturated carbocycles. The van der Waals surface area contributed by atoms with Crippen molar-refractivity contribution in [3.8, 4) is 0 Å². The molecule has 1 atom stereocenters. The molecule has 24 heavy (non-hydrogen) atoms. The average molecular weight is 371 g/mol. The molecule has 0 saturated heterocycles. The molecule has 0 aromatic heterocycles. The zero-order valence-corrected chi connectivity index (χ0v) is 14.6. The molecule has 0 spiro atoms. The first kappa shape index (κ1) is 18.2. The van der Waals surface area contributed by atoms with Crippen LogP contribution in [-0.2, 0) is 10.0 Å². The molecule has 128 valence electrons. The highest BCUT2D eigenvalue weighted by molar-refractivity contribution is 7.92. The quantitative estimate of drug-likeness (QED) is 0.847. The highest BCUT2D eigenvalue weighted by Gasteiger charge is 2.18. The van der Waals surface area contributed by atoms with Crippen LogP contribution in [0.1, 0.15) is 28.9 Å². The molecule has 5 nitrogen and oxygen atoms in total. The van der Waals surface area contributed by atoms with Crippen LogP contribution in [0.3, 0.4) is 0 Å². The third-order valence-corrected chi connectivity index (χ3v) is 4.15. The molecule has 1 unspecified atom stereocenters. The van der Waals surface area contributed by atoms with E-state index in [1.165, 1.54) is 12.1 Å². The maximum absolute atomic E-state index is 13.8. The Morgan fingerprint density at radius 3 is 2.50 bits per heavy atom. The number of amides is 1. The summed E-state index contributed by atoms with van der Waals surface area (Å²) in [4.78, 5) is 12.2. The minimum atomic E-state index is -3.40. The monoisotopic (exact) mass is 370 g/mol. The summed E-state index contributed by atoms with van der Waals surface area (Å²) in [5, 5.41) is 2.66. The minimum Gasteiger partial charge on any atom is -0.345 e. The molecular formula is C16H16ClFN2O3S. The largest absolute Gasteiger partial charge is 0.345 e. The number of sulfonamides is 1. The van der Waals surface area contributed by atoms with E-state index in [1.54, 1.807) is 31.2 Å². The van der Waals surface area contributed by atoms with Crippen LogP contribution in [0.15, 0.2) is 42.5 Å². The van der Waals surface area contributed by atoms with Gasteiger partial charge in [0, 0.05) is 5.69 Å². The van der Waals surface area contributed by atoms with Gasteiger partial charge < -0.3 is 5.32 Å². The summed E-state index contributed by atoms with van der Waals surface area (Å²) in [5.41, 5.74) is 0.806. The molecule has 1 amide bonds. The fourth-order valence-corrected chi connectivity index (χ4v) is 2.96. The predicted octanol–water partition coefficient (Wildman–Crippen LogP) is 3.34. The van der Waals surface area contributed by atoms with E-state index in [9.17, 15) is 17.6 Å². The zero-order chi connectivity index (χ0) is 17.9. The maximum Gasteiger partial charge on any atom is 0.256 e.